The Kier molecular flexibility index (Phi) is 2.75. The van der Waals surface area contributed by atoms with Crippen LogP contribution in [0.5, 0.6) is 0 Å². The van der Waals surface area contributed by atoms with Crippen molar-refractivity contribution >= 4 is 11.6 Å². The van der Waals surface area contributed by atoms with Gasteiger partial charge in [0, 0.05) is 18.6 Å². The molecule has 0 atom stereocenters. The summed E-state index contributed by atoms with van der Waals surface area (Å²) in [5.41, 5.74) is 1.13. The van der Waals surface area contributed by atoms with Crippen LogP contribution in [0.4, 0.5) is 0 Å². The number of aromatic nitrogens is 2. The van der Waals surface area contributed by atoms with E-state index in [4.69, 9.17) is 11.6 Å². The van der Waals surface area contributed by atoms with Crippen LogP contribution >= 0.6 is 11.6 Å². The normalized spacial score (nSPS) is 10.2. The average Bonchev–Trinajstić information content (AvgIpc) is 2.37. The minimum absolute atomic E-state index is 0.652. The first-order valence-electron chi connectivity index (χ1n) is 3.43. The molecule has 10 heavy (non-hydrogen) atoms. The molecule has 56 valence electrons. The molecule has 0 aliphatic carbocycles. The van der Waals surface area contributed by atoms with Crippen LogP contribution in [0.2, 0.25) is 0 Å². The lowest BCUT2D eigenvalue weighted by atomic mass is 10.4. The van der Waals surface area contributed by atoms with Gasteiger partial charge in [0.25, 0.3) is 0 Å². The third kappa shape index (κ3) is 1.74. The molecule has 2 nitrogen and oxygen atoms in total. The van der Waals surface area contributed by atoms with Crippen LogP contribution in [0.1, 0.15) is 12.6 Å². The van der Waals surface area contributed by atoms with Crippen LogP contribution in [0.15, 0.2) is 12.5 Å². The molecule has 1 heterocycles. The molecule has 3 heteroatoms. The van der Waals surface area contributed by atoms with E-state index in [0.717, 1.165) is 18.7 Å². The highest BCUT2D eigenvalue weighted by atomic mass is 35.5. The fourth-order valence-corrected chi connectivity index (χ4v) is 1.00. The Morgan fingerprint density at radius 1 is 1.70 bits per heavy atom. The Morgan fingerprint density at radius 3 is 3.00 bits per heavy atom. The molecule has 0 amide bonds. The molecule has 0 saturated carbocycles. The minimum atomic E-state index is 0.652. The van der Waals surface area contributed by atoms with Gasteiger partial charge in [-0.1, -0.05) is 6.92 Å². The lowest BCUT2D eigenvalue weighted by Crippen LogP contribution is -1.94. The molecule has 0 N–H and O–H groups in total. The first-order valence-corrected chi connectivity index (χ1v) is 3.97. The van der Waals surface area contributed by atoms with E-state index >= 15 is 0 Å². The molecule has 0 unspecified atom stereocenters. The fourth-order valence-electron chi connectivity index (χ4n) is 0.809. The lowest BCUT2D eigenvalue weighted by molar-refractivity contribution is 0.766. The third-order valence-electron chi connectivity index (χ3n) is 1.39. The van der Waals surface area contributed by atoms with Crippen LogP contribution < -0.4 is 0 Å². The number of hydrogen-bond acceptors (Lipinski definition) is 1. The van der Waals surface area contributed by atoms with E-state index in [1.807, 2.05) is 17.1 Å². The Hall–Kier alpha value is -0.500. The molecule has 0 aliphatic rings. The second kappa shape index (κ2) is 3.62. The molecule has 1 aromatic heterocycles. The summed E-state index contributed by atoms with van der Waals surface area (Å²) in [6, 6.07) is 0. The van der Waals surface area contributed by atoms with Crippen LogP contribution in [0.25, 0.3) is 0 Å². The summed E-state index contributed by atoms with van der Waals surface area (Å²) in [5.74, 6) is 0.652. The summed E-state index contributed by atoms with van der Waals surface area (Å²) in [7, 11) is 0. The Labute approximate surface area is 65.8 Å². The summed E-state index contributed by atoms with van der Waals surface area (Å²) in [6.45, 7) is 2.95. The Bertz CT molecular complexity index is 195. The van der Waals surface area contributed by atoms with Crippen LogP contribution in [-0.2, 0) is 13.0 Å². The largest absolute Gasteiger partial charge is 0.336 e. The molecule has 0 aromatic carbocycles. The maximum absolute atomic E-state index is 5.54. The van der Waals surface area contributed by atoms with E-state index in [1.165, 1.54) is 0 Å². The second-order valence-corrected chi connectivity index (χ2v) is 2.52. The third-order valence-corrected chi connectivity index (χ3v) is 1.56. The molecule has 0 aliphatic heterocycles. The number of alkyl halides is 1. The second-order valence-electron chi connectivity index (χ2n) is 2.15. The average molecular weight is 159 g/mol. The van der Waals surface area contributed by atoms with Gasteiger partial charge in [0.2, 0.25) is 0 Å². The van der Waals surface area contributed by atoms with Crippen molar-refractivity contribution < 1.29 is 0 Å². The van der Waals surface area contributed by atoms with Gasteiger partial charge < -0.3 is 4.57 Å². The number of nitrogens with zero attached hydrogens (tertiary/aromatic N) is 2. The standard InChI is InChI=1S/C7H11ClN2/c1-2-7-5-10(4-3-8)6-9-7/h5-6H,2-4H2,1H3. The topological polar surface area (TPSA) is 17.8 Å². The van der Waals surface area contributed by atoms with Gasteiger partial charge >= 0.3 is 0 Å². The van der Waals surface area contributed by atoms with Gasteiger partial charge in [-0.05, 0) is 6.42 Å². The number of halogens is 1. The zero-order valence-corrected chi connectivity index (χ0v) is 6.80. The highest BCUT2D eigenvalue weighted by Crippen LogP contribution is 1.96. The molecular weight excluding hydrogens is 148 g/mol. The summed E-state index contributed by atoms with van der Waals surface area (Å²) < 4.78 is 2.01. The minimum Gasteiger partial charge on any atom is -0.336 e. The number of aryl methyl sites for hydroxylation is 2. The lowest BCUT2D eigenvalue weighted by Gasteiger charge is -1.93. The zero-order chi connectivity index (χ0) is 7.40. The molecule has 0 radical (unpaired) electrons. The van der Waals surface area contributed by atoms with Crippen molar-refractivity contribution in [2.75, 3.05) is 5.88 Å². The van der Waals surface area contributed by atoms with Gasteiger partial charge in [-0.3, -0.25) is 0 Å². The van der Waals surface area contributed by atoms with Gasteiger partial charge in [0.15, 0.2) is 0 Å². The maximum Gasteiger partial charge on any atom is 0.0949 e. The van der Waals surface area contributed by atoms with E-state index in [-0.39, 0.29) is 0 Å². The van der Waals surface area contributed by atoms with Crippen LogP contribution in [0, 0.1) is 0 Å². The maximum atomic E-state index is 5.54. The summed E-state index contributed by atoms with van der Waals surface area (Å²) >= 11 is 5.54. The van der Waals surface area contributed by atoms with Crippen molar-refractivity contribution in [2.24, 2.45) is 0 Å². The van der Waals surface area contributed by atoms with Crippen LogP contribution in [0.3, 0.4) is 0 Å². The molecule has 1 aromatic rings. The highest BCUT2D eigenvalue weighted by Gasteiger charge is 1.93. The van der Waals surface area contributed by atoms with E-state index in [9.17, 15) is 0 Å². The summed E-state index contributed by atoms with van der Waals surface area (Å²) in [4.78, 5) is 4.16. The van der Waals surface area contributed by atoms with Gasteiger partial charge in [-0.25, -0.2) is 4.98 Å². The smallest absolute Gasteiger partial charge is 0.0949 e. The monoisotopic (exact) mass is 158 g/mol. The first-order chi connectivity index (χ1) is 4.86. The molecule has 0 spiro atoms. The van der Waals surface area contributed by atoms with Crippen molar-refractivity contribution in [3.63, 3.8) is 0 Å². The van der Waals surface area contributed by atoms with Gasteiger partial charge in [-0.2, -0.15) is 0 Å². The number of rotatable bonds is 3. The number of imidazole rings is 1. The van der Waals surface area contributed by atoms with Crippen molar-refractivity contribution in [1.29, 1.82) is 0 Å². The zero-order valence-electron chi connectivity index (χ0n) is 6.05. The molecule has 0 bridgehead atoms. The van der Waals surface area contributed by atoms with E-state index < -0.39 is 0 Å². The van der Waals surface area contributed by atoms with Crippen molar-refractivity contribution in [3.05, 3.63) is 18.2 Å². The number of hydrogen-bond donors (Lipinski definition) is 0. The first kappa shape index (κ1) is 7.61. The van der Waals surface area contributed by atoms with Crippen molar-refractivity contribution in [2.45, 2.75) is 19.9 Å². The Morgan fingerprint density at radius 2 is 2.50 bits per heavy atom. The SMILES string of the molecule is CCc1cn(CCCl)cn1. The van der Waals surface area contributed by atoms with E-state index in [1.54, 1.807) is 0 Å². The van der Waals surface area contributed by atoms with Gasteiger partial charge in [0.1, 0.15) is 0 Å². The predicted molar refractivity (Wildman–Crippen MR) is 42.3 cm³/mol. The van der Waals surface area contributed by atoms with Crippen molar-refractivity contribution in [1.82, 2.24) is 9.55 Å². The molecular formula is C7H11ClN2. The summed E-state index contributed by atoms with van der Waals surface area (Å²) in [6.07, 6.45) is 4.85. The van der Waals surface area contributed by atoms with Gasteiger partial charge in [-0.15, -0.1) is 11.6 Å². The molecule has 0 saturated heterocycles. The van der Waals surface area contributed by atoms with Crippen LogP contribution in [-0.4, -0.2) is 15.4 Å². The van der Waals surface area contributed by atoms with Gasteiger partial charge in [0.05, 0.1) is 12.0 Å². The van der Waals surface area contributed by atoms with E-state index in [0.29, 0.717) is 5.88 Å². The predicted octanol–water partition coefficient (Wildman–Crippen LogP) is 1.68. The van der Waals surface area contributed by atoms with Crippen molar-refractivity contribution in [3.8, 4) is 0 Å². The Balaban J connectivity index is 2.59. The fraction of sp³-hybridized carbons (Fsp3) is 0.571. The summed E-state index contributed by atoms with van der Waals surface area (Å²) in [5, 5.41) is 0. The molecule has 0 fully saturated rings. The quantitative estimate of drug-likeness (QED) is 0.613. The molecule has 1 rings (SSSR count). The highest BCUT2D eigenvalue weighted by molar-refractivity contribution is 6.17. The van der Waals surface area contributed by atoms with E-state index in [2.05, 4.69) is 11.9 Å².